The van der Waals surface area contributed by atoms with Gasteiger partial charge in [0.05, 0.1) is 48.9 Å². The van der Waals surface area contributed by atoms with E-state index in [1.165, 1.54) is 0 Å². The molecule has 3 aromatic carbocycles. The monoisotopic (exact) mass is 1340 g/mol. The van der Waals surface area contributed by atoms with Gasteiger partial charge in [-0.05, 0) is 83.7 Å². The van der Waals surface area contributed by atoms with E-state index >= 15 is 0 Å². The van der Waals surface area contributed by atoms with Crippen LogP contribution in [0.5, 0.6) is 0 Å². The third-order valence-electron chi connectivity index (χ3n) is 18.3. The smallest absolute Gasteiger partial charge is 0.230 e. The second-order valence-corrected chi connectivity index (χ2v) is 26.4. The predicted octanol–water partition coefficient (Wildman–Crippen LogP) is 8.49. The molecule has 0 bridgehead atoms. The van der Waals surface area contributed by atoms with Gasteiger partial charge < -0.3 is 46.4 Å². The fourth-order valence-corrected chi connectivity index (χ4v) is 12.4. The molecule has 3 saturated heterocycles. The Balaban J connectivity index is 0.000000134. The van der Waals surface area contributed by atoms with E-state index in [4.69, 9.17) is 40.4 Å². The summed E-state index contributed by atoms with van der Waals surface area (Å²) in [5, 5.41) is 40.8. The van der Waals surface area contributed by atoms with Gasteiger partial charge in [0, 0.05) is 158 Å². The zero-order valence-electron chi connectivity index (χ0n) is 57.9. The van der Waals surface area contributed by atoms with Gasteiger partial charge >= 0.3 is 0 Å². The number of hydrogen-bond donors (Lipinski definition) is 5. The fourth-order valence-electron chi connectivity index (χ4n) is 12.4. The van der Waals surface area contributed by atoms with Gasteiger partial charge in [-0.3, -0.25) is 4.90 Å². The number of ether oxygens (including phenoxy) is 1. The maximum Gasteiger partial charge on any atom is 0.230 e. The number of nitrogens with one attached hydrogen (secondary N) is 4. The molecule has 12 heterocycles. The number of likely N-dealkylation sites (N-methyl/N-ethyl adjacent to an activating group) is 1. The molecule has 0 atom stereocenters. The van der Waals surface area contributed by atoms with E-state index < -0.39 is 0 Å². The molecule has 3 fully saturated rings. The number of morpholine rings is 1. The molecule has 516 valence electrons. The van der Waals surface area contributed by atoms with E-state index in [9.17, 15) is 0 Å². The number of piperidine rings is 1. The molecular formula is C71H91N27O. The molecule has 3 aliphatic rings. The highest BCUT2D eigenvalue weighted by molar-refractivity contribution is 5.60. The quantitative estimate of drug-likeness (QED) is 0.0401. The van der Waals surface area contributed by atoms with Crippen molar-refractivity contribution in [2.75, 3.05) is 117 Å². The molecule has 9 aromatic heterocycles. The highest BCUT2D eigenvalue weighted by Gasteiger charge is 2.26. The van der Waals surface area contributed by atoms with Gasteiger partial charge in [-0.2, -0.15) is 74.0 Å². The van der Waals surface area contributed by atoms with Gasteiger partial charge in [0.1, 0.15) is 0 Å². The Morgan fingerprint density at radius 3 is 1.32 bits per heavy atom. The number of nitrogens with zero attached hydrogens (tertiary/aromatic N) is 22. The Labute approximate surface area is 576 Å². The Kier molecular flexibility index (Phi) is 21.0. The Hall–Kier alpha value is -10.4. The first-order valence-corrected chi connectivity index (χ1v) is 34.5. The van der Waals surface area contributed by atoms with Crippen molar-refractivity contribution in [1.29, 1.82) is 0 Å². The minimum Gasteiger partial charge on any atom is -0.379 e. The number of nitrogens with two attached hydrogens (primary N) is 1. The van der Waals surface area contributed by atoms with Crippen LogP contribution in [0.2, 0.25) is 0 Å². The molecule has 0 unspecified atom stereocenters. The summed E-state index contributed by atoms with van der Waals surface area (Å²) in [5.41, 5.74) is 18.4. The number of anilines is 6. The van der Waals surface area contributed by atoms with Crippen molar-refractivity contribution in [3.63, 3.8) is 0 Å². The van der Waals surface area contributed by atoms with Crippen LogP contribution in [0.25, 0.3) is 34.0 Å². The van der Waals surface area contributed by atoms with Crippen LogP contribution in [-0.2, 0) is 24.4 Å². The molecular weight excluding hydrogens is 1250 g/mol. The lowest BCUT2D eigenvalue weighted by Crippen LogP contribution is -2.47. The van der Waals surface area contributed by atoms with E-state index in [0.717, 1.165) is 164 Å². The van der Waals surface area contributed by atoms with Crippen LogP contribution in [0.1, 0.15) is 106 Å². The first kappa shape index (κ1) is 67.2. The highest BCUT2D eigenvalue weighted by atomic mass is 16.5. The van der Waals surface area contributed by atoms with E-state index in [-0.39, 0.29) is 6.04 Å². The fraction of sp³-hybridized carbons (Fsp3) is 0.408. The van der Waals surface area contributed by atoms with Crippen molar-refractivity contribution in [2.24, 2.45) is 11.7 Å². The molecule has 28 nitrogen and oxygen atoms in total. The average molecular weight is 1340 g/mol. The lowest BCUT2D eigenvalue weighted by molar-refractivity contribution is 0.0392. The van der Waals surface area contributed by atoms with Crippen LogP contribution in [-0.4, -0.2) is 185 Å². The molecule has 99 heavy (non-hydrogen) atoms. The van der Waals surface area contributed by atoms with Crippen molar-refractivity contribution in [3.8, 4) is 17.1 Å². The van der Waals surface area contributed by atoms with E-state index in [0.29, 0.717) is 67.1 Å². The predicted molar refractivity (Wildman–Crippen MR) is 387 cm³/mol. The zero-order valence-corrected chi connectivity index (χ0v) is 57.9. The Morgan fingerprint density at radius 1 is 0.505 bits per heavy atom. The van der Waals surface area contributed by atoms with Crippen LogP contribution >= 0.6 is 0 Å². The van der Waals surface area contributed by atoms with Crippen molar-refractivity contribution in [3.05, 3.63) is 180 Å². The molecule has 6 N–H and O–H groups in total. The van der Waals surface area contributed by atoms with Crippen molar-refractivity contribution in [1.82, 2.24) is 98.3 Å². The third kappa shape index (κ3) is 15.6. The molecule has 0 amide bonds. The van der Waals surface area contributed by atoms with Crippen molar-refractivity contribution < 1.29 is 4.74 Å². The molecule has 0 spiro atoms. The third-order valence-corrected chi connectivity index (χ3v) is 18.3. The molecule has 0 aliphatic carbocycles. The summed E-state index contributed by atoms with van der Waals surface area (Å²) in [4.78, 5) is 38.2. The molecule has 28 heteroatoms. The maximum absolute atomic E-state index is 6.11. The molecule has 12 aromatic rings. The maximum atomic E-state index is 6.11. The summed E-state index contributed by atoms with van der Waals surface area (Å²) >= 11 is 0. The Morgan fingerprint density at radius 2 is 0.919 bits per heavy atom. The summed E-state index contributed by atoms with van der Waals surface area (Å²) in [6, 6.07) is 30.7. The number of fused-ring (bicyclic) bond motifs is 3. The van der Waals surface area contributed by atoms with Crippen LogP contribution < -0.4 is 41.7 Å². The average Bonchev–Trinajstić information content (AvgIpc) is 1.70. The van der Waals surface area contributed by atoms with Crippen LogP contribution in [0.15, 0.2) is 147 Å². The number of aromatic nitrogens is 18. The highest BCUT2D eigenvalue weighted by Crippen LogP contribution is 2.29. The second-order valence-electron chi connectivity index (χ2n) is 26.4. The summed E-state index contributed by atoms with van der Waals surface area (Å²) in [7, 11) is 4.11. The van der Waals surface area contributed by atoms with Crippen LogP contribution in [0.4, 0.5) is 35.7 Å². The largest absolute Gasteiger partial charge is 0.379 e. The van der Waals surface area contributed by atoms with Crippen LogP contribution in [0, 0.1) is 5.92 Å². The van der Waals surface area contributed by atoms with Crippen molar-refractivity contribution in [2.45, 2.75) is 97.8 Å². The summed E-state index contributed by atoms with van der Waals surface area (Å²) < 4.78 is 16.5. The molecule has 0 saturated carbocycles. The normalized spacial score (nSPS) is 14.6. The van der Waals surface area contributed by atoms with Crippen LogP contribution in [0.3, 0.4) is 0 Å². The van der Waals surface area contributed by atoms with E-state index in [1.807, 2.05) is 119 Å². The molecule has 0 radical (unpaired) electrons. The summed E-state index contributed by atoms with van der Waals surface area (Å²) in [5.74, 6) is 5.76. The van der Waals surface area contributed by atoms with Gasteiger partial charge in [0.15, 0.2) is 16.9 Å². The SMILES string of the molecule is CC(C)c1cnn2c(NCc3ccccc3-n3cccn3)nc(N(C)CC3CNC3)nc12.CC(C)c1cnn2c(NCc3ccccc3-n3cccn3)nc(N(C)CCN3CCOCC3)nc12.CC(C)c1cnn2c(NCc3ccccc3-n3cccn3)nc(N3CCC(N)CC3)nc12. The minimum atomic E-state index is 0.257. The zero-order chi connectivity index (χ0) is 68.4. The van der Waals surface area contributed by atoms with Gasteiger partial charge in [-0.1, -0.05) is 96.1 Å². The van der Waals surface area contributed by atoms with E-state index in [2.05, 4.69) is 163 Å². The lowest BCUT2D eigenvalue weighted by atomic mass is 10.0. The number of benzene rings is 3. The molecule has 3 aliphatic heterocycles. The topological polar surface area (TPSA) is 279 Å². The standard InChI is InChI=1S/C25H33N9O.2C23H29N9/c1-19(2)21-18-28-34-23(21)29-25(31(3)11-12-32-13-15-35-16-14-32)30-24(34)26-17-20-7-4-5-8-22(20)33-10-6-9-27-33;1-16(2)19-14-27-32-21(19)28-23(30(3)15-17-11-24-12-17)29-22(32)25-13-18-7-4-5-8-20(18)31-10-6-9-26-31;1-16(2)19-15-27-32-21(19)28-23(30-12-8-18(24)9-13-30)29-22(32)25-14-17-6-3-4-7-20(17)31-11-5-10-26-31/h4-10,18-19H,11-17H2,1-3H3,(H,26,29,30);4-10,14,16-17,24H,11-13,15H2,1-3H3,(H,25,28,29);3-7,10-11,15-16,18H,8-9,12-14,24H2,1-2H3,(H,25,28,29). The van der Waals surface area contributed by atoms with E-state index in [1.54, 1.807) is 18.6 Å². The number of rotatable bonds is 23. The van der Waals surface area contributed by atoms with Gasteiger partial charge in [0.2, 0.25) is 35.7 Å². The molecule has 15 rings (SSSR count). The van der Waals surface area contributed by atoms with Gasteiger partial charge in [-0.15, -0.1) is 0 Å². The Bertz CT molecular complexity index is 4540. The number of para-hydroxylation sites is 3. The first-order valence-electron chi connectivity index (χ1n) is 34.5. The van der Waals surface area contributed by atoms with Gasteiger partial charge in [0.25, 0.3) is 0 Å². The number of hydrogen-bond acceptors (Lipinski definition) is 22. The lowest BCUT2D eigenvalue weighted by Gasteiger charge is -2.31. The van der Waals surface area contributed by atoms with Gasteiger partial charge in [-0.25, -0.2) is 14.0 Å². The summed E-state index contributed by atoms with van der Waals surface area (Å²) in [6.07, 6.45) is 18.8. The minimum absolute atomic E-state index is 0.257. The second kappa shape index (κ2) is 31.0. The van der Waals surface area contributed by atoms with Crippen molar-refractivity contribution >= 4 is 52.6 Å². The first-order chi connectivity index (χ1) is 48.3. The summed E-state index contributed by atoms with van der Waals surface area (Å²) in [6.45, 7) is 24.8.